The highest BCUT2D eigenvalue weighted by molar-refractivity contribution is 5.67. The van der Waals surface area contributed by atoms with Gasteiger partial charge in [-0.05, 0) is 105 Å². The molecule has 0 radical (unpaired) electrons. The van der Waals surface area contributed by atoms with Crippen LogP contribution in [0.3, 0.4) is 0 Å². The summed E-state index contributed by atoms with van der Waals surface area (Å²) < 4.78 is 33.5. The SMILES string of the molecule is C=CC1CCC(CCC2CCC(C3CC=C(c4ccc(OC)c(F)c4F)CC3)CC2)CC1. The van der Waals surface area contributed by atoms with E-state index in [0.29, 0.717) is 11.5 Å². The van der Waals surface area contributed by atoms with E-state index in [4.69, 9.17) is 4.74 Å². The van der Waals surface area contributed by atoms with Crippen molar-refractivity contribution in [3.05, 3.63) is 48.1 Å². The van der Waals surface area contributed by atoms with Crippen molar-refractivity contribution in [1.29, 1.82) is 0 Å². The number of allylic oxidation sites excluding steroid dienone is 3. The molecule has 0 aliphatic heterocycles. The highest BCUT2D eigenvalue weighted by Crippen LogP contribution is 2.43. The van der Waals surface area contributed by atoms with Crippen LogP contribution in [0.25, 0.3) is 5.57 Å². The number of hydrogen-bond acceptors (Lipinski definition) is 1. The number of methoxy groups -OCH3 is 1. The maximum atomic E-state index is 14.5. The van der Waals surface area contributed by atoms with E-state index >= 15 is 0 Å². The molecule has 4 rings (SSSR count). The number of halogens is 2. The van der Waals surface area contributed by atoms with Crippen LogP contribution in [0.15, 0.2) is 30.9 Å². The molecular formula is C29H40F2O. The highest BCUT2D eigenvalue weighted by Gasteiger charge is 2.30. The minimum Gasteiger partial charge on any atom is -0.494 e. The van der Waals surface area contributed by atoms with Crippen molar-refractivity contribution in [2.45, 2.75) is 83.5 Å². The van der Waals surface area contributed by atoms with Gasteiger partial charge in [0.15, 0.2) is 11.6 Å². The minimum absolute atomic E-state index is 0.0262. The summed E-state index contributed by atoms with van der Waals surface area (Å²) in [5, 5.41) is 0. The van der Waals surface area contributed by atoms with Crippen LogP contribution in [0.4, 0.5) is 8.78 Å². The second-order valence-electron chi connectivity index (χ2n) is 10.6. The van der Waals surface area contributed by atoms with Crippen molar-refractivity contribution in [2.75, 3.05) is 7.11 Å². The van der Waals surface area contributed by atoms with Crippen LogP contribution in [0.2, 0.25) is 0 Å². The lowest BCUT2D eigenvalue weighted by molar-refractivity contribution is 0.178. The Morgan fingerprint density at radius 3 is 2.09 bits per heavy atom. The van der Waals surface area contributed by atoms with Crippen molar-refractivity contribution in [2.24, 2.45) is 29.6 Å². The summed E-state index contributed by atoms with van der Waals surface area (Å²) in [4.78, 5) is 0. The third-order valence-corrected chi connectivity index (χ3v) is 8.83. The van der Waals surface area contributed by atoms with E-state index in [0.717, 1.165) is 48.5 Å². The number of hydrogen-bond donors (Lipinski definition) is 0. The third kappa shape index (κ3) is 5.46. The van der Waals surface area contributed by atoms with Gasteiger partial charge < -0.3 is 4.74 Å². The fourth-order valence-electron chi connectivity index (χ4n) is 6.60. The van der Waals surface area contributed by atoms with Crippen molar-refractivity contribution in [3.8, 4) is 5.75 Å². The second-order valence-corrected chi connectivity index (χ2v) is 10.6. The molecule has 176 valence electrons. The van der Waals surface area contributed by atoms with Crippen LogP contribution in [0.1, 0.15) is 89.0 Å². The average molecular weight is 443 g/mol. The second kappa shape index (κ2) is 11.0. The Labute approximate surface area is 193 Å². The molecule has 1 atom stereocenters. The molecule has 0 heterocycles. The molecule has 0 aromatic heterocycles. The normalized spacial score (nSPS) is 31.1. The molecule has 1 unspecified atom stereocenters. The molecule has 0 amide bonds. The summed E-state index contributed by atoms with van der Waals surface area (Å²) in [6, 6.07) is 3.20. The molecule has 0 bridgehead atoms. The predicted octanol–water partition coefficient (Wildman–Crippen LogP) is 8.74. The van der Waals surface area contributed by atoms with E-state index in [9.17, 15) is 8.78 Å². The third-order valence-electron chi connectivity index (χ3n) is 8.83. The molecule has 0 spiro atoms. The van der Waals surface area contributed by atoms with Gasteiger partial charge in [-0.25, -0.2) is 4.39 Å². The van der Waals surface area contributed by atoms with Crippen LogP contribution in [0, 0.1) is 41.2 Å². The van der Waals surface area contributed by atoms with Crippen molar-refractivity contribution < 1.29 is 13.5 Å². The topological polar surface area (TPSA) is 9.23 Å². The van der Waals surface area contributed by atoms with Crippen molar-refractivity contribution in [3.63, 3.8) is 0 Å². The first-order valence-electron chi connectivity index (χ1n) is 12.9. The highest BCUT2D eigenvalue weighted by atomic mass is 19.2. The van der Waals surface area contributed by atoms with Crippen LogP contribution in [0.5, 0.6) is 5.75 Å². The van der Waals surface area contributed by atoms with Gasteiger partial charge in [0, 0.05) is 5.56 Å². The quantitative estimate of drug-likeness (QED) is 0.384. The first kappa shape index (κ1) is 23.5. The summed E-state index contributed by atoms with van der Waals surface area (Å²) in [5.74, 6) is 2.49. The zero-order valence-electron chi connectivity index (χ0n) is 19.8. The molecule has 3 aliphatic carbocycles. The van der Waals surface area contributed by atoms with Gasteiger partial charge in [0.05, 0.1) is 7.11 Å². The fraction of sp³-hybridized carbons (Fsp3) is 0.655. The molecule has 1 nitrogen and oxygen atoms in total. The van der Waals surface area contributed by atoms with E-state index in [-0.39, 0.29) is 5.75 Å². The summed E-state index contributed by atoms with van der Waals surface area (Å²) in [6.07, 6.45) is 21.1. The van der Waals surface area contributed by atoms with E-state index in [1.165, 1.54) is 77.4 Å². The van der Waals surface area contributed by atoms with Gasteiger partial charge in [-0.15, -0.1) is 6.58 Å². The van der Waals surface area contributed by atoms with E-state index in [2.05, 4.69) is 18.7 Å². The van der Waals surface area contributed by atoms with E-state index in [1.54, 1.807) is 6.07 Å². The minimum atomic E-state index is -0.875. The predicted molar refractivity (Wildman–Crippen MR) is 129 cm³/mol. The molecule has 0 saturated heterocycles. The zero-order chi connectivity index (χ0) is 22.5. The monoisotopic (exact) mass is 442 g/mol. The largest absolute Gasteiger partial charge is 0.494 e. The molecule has 3 aliphatic rings. The van der Waals surface area contributed by atoms with Gasteiger partial charge in [-0.3, -0.25) is 0 Å². The Morgan fingerprint density at radius 1 is 0.875 bits per heavy atom. The Hall–Kier alpha value is -1.64. The summed E-state index contributed by atoms with van der Waals surface area (Å²) >= 11 is 0. The maximum absolute atomic E-state index is 14.5. The van der Waals surface area contributed by atoms with E-state index < -0.39 is 11.6 Å². The first-order chi connectivity index (χ1) is 15.6. The van der Waals surface area contributed by atoms with E-state index in [1.807, 2.05) is 0 Å². The van der Waals surface area contributed by atoms with Gasteiger partial charge >= 0.3 is 0 Å². The molecule has 0 N–H and O–H groups in total. The summed E-state index contributed by atoms with van der Waals surface area (Å²) in [7, 11) is 1.37. The van der Waals surface area contributed by atoms with Crippen molar-refractivity contribution >= 4 is 5.57 Å². The Balaban J connectivity index is 1.22. The number of benzene rings is 1. The Morgan fingerprint density at radius 2 is 1.53 bits per heavy atom. The number of rotatable bonds is 7. The lowest BCUT2D eigenvalue weighted by Crippen LogP contribution is -2.24. The Kier molecular flexibility index (Phi) is 8.07. The first-order valence-corrected chi connectivity index (χ1v) is 12.9. The molecule has 2 saturated carbocycles. The van der Waals surface area contributed by atoms with Gasteiger partial charge in [-0.2, -0.15) is 4.39 Å². The summed E-state index contributed by atoms with van der Waals surface area (Å²) in [6.45, 7) is 3.97. The lowest BCUT2D eigenvalue weighted by atomic mass is 9.69. The molecular weight excluding hydrogens is 402 g/mol. The van der Waals surface area contributed by atoms with Gasteiger partial charge in [0.1, 0.15) is 0 Å². The standard InChI is InChI=1S/C29H40F2O/c1-3-20-4-6-21(7-5-20)8-9-22-10-12-23(13-11-22)24-14-16-25(17-15-24)26-18-19-27(32-2)29(31)28(26)30/h3,16,18-24H,1,4-15,17H2,2H3. The molecule has 1 aromatic rings. The zero-order valence-corrected chi connectivity index (χ0v) is 19.8. The Bertz CT molecular complexity index is 798. The molecule has 32 heavy (non-hydrogen) atoms. The fourth-order valence-corrected chi connectivity index (χ4v) is 6.60. The molecule has 1 aromatic carbocycles. The maximum Gasteiger partial charge on any atom is 0.201 e. The van der Waals surface area contributed by atoms with Gasteiger partial charge in [0.2, 0.25) is 5.82 Å². The van der Waals surface area contributed by atoms with Crippen LogP contribution >= 0.6 is 0 Å². The van der Waals surface area contributed by atoms with Crippen LogP contribution in [-0.2, 0) is 0 Å². The van der Waals surface area contributed by atoms with Crippen LogP contribution < -0.4 is 4.74 Å². The molecule has 3 heteroatoms. The average Bonchev–Trinajstić information content (AvgIpc) is 2.85. The van der Waals surface area contributed by atoms with Crippen molar-refractivity contribution in [1.82, 2.24) is 0 Å². The smallest absolute Gasteiger partial charge is 0.201 e. The van der Waals surface area contributed by atoms with Gasteiger partial charge in [0.25, 0.3) is 0 Å². The number of ether oxygens (including phenoxy) is 1. The molecule has 2 fully saturated rings. The van der Waals surface area contributed by atoms with Gasteiger partial charge in [-0.1, -0.05) is 37.8 Å². The summed E-state index contributed by atoms with van der Waals surface area (Å²) in [5.41, 5.74) is 1.37. The lowest BCUT2D eigenvalue weighted by Gasteiger charge is -2.36. The van der Waals surface area contributed by atoms with Crippen LogP contribution in [-0.4, -0.2) is 7.11 Å².